The van der Waals surface area contributed by atoms with Gasteiger partial charge in [-0.1, -0.05) is 6.07 Å². The van der Waals surface area contributed by atoms with Crippen molar-refractivity contribution in [2.45, 2.75) is 62.9 Å². The molecule has 0 saturated carbocycles. The number of halogens is 3. The van der Waals surface area contributed by atoms with Crippen LogP contribution >= 0.6 is 11.3 Å². The lowest BCUT2D eigenvalue weighted by molar-refractivity contribution is -0.137. The predicted molar refractivity (Wildman–Crippen MR) is 145 cm³/mol. The standard InChI is InChI=1S/C27H27F3N4O4S2/c1-16(2)34-21(9-10-32-34)20-13-17(27(28,29)30)5-8-22(20)37-24-15-26(3,4)38-23-14-18(6-7-19(23)24)40(35,36)33-25-31-11-12-39-25/h5-14,16,24H,15H2,1-4H3,(H,31,33)/t24-/m1/s1. The zero-order valence-electron chi connectivity index (χ0n) is 22.1. The Balaban J connectivity index is 1.55. The van der Waals surface area contributed by atoms with Crippen LogP contribution in [-0.2, 0) is 16.2 Å². The van der Waals surface area contributed by atoms with Gasteiger partial charge in [0.2, 0.25) is 0 Å². The molecule has 0 bridgehead atoms. The molecule has 0 unspecified atom stereocenters. The summed E-state index contributed by atoms with van der Waals surface area (Å²) < 4.78 is 83.6. The second-order valence-corrected chi connectivity index (χ2v) is 12.9. The molecule has 0 saturated heterocycles. The van der Waals surface area contributed by atoms with E-state index in [1.165, 1.54) is 30.6 Å². The van der Waals surface area contributed by atoms with Crippen LogP contribution in [0.1, 0.15) is 57.4 Å². The van der Waals surface area contributed by atoms with E-state index in [-0.39, 0.29) is 27.4 Å². The number of aromatic nitrogens is 3. The van der Waals surface area contributed by atoms with Gasteiger partial charge in [-0.15, -0.1) is 11.3 Å². The summed E-state index contributed by atoms with van der Waals surface area (Å²) in [6.45, 7) is 7.44. The molecule has 13 heteroatoms. The molecule has 0 radical (unpaired) electrons. The number of rotatable bonds is 7. The van der Waals surface area contributed by atoms with E-state index in [0.717, 1.165) is 23.5 Å². The number of fused-ring (bicyclic) bond motifs is 1. The van der Waals surface area contributed by atoms with E-state index in [4.69, 9.17) is 9.47 Å². The van der Waals surface area contributed by atoms with Crippen molar-refractivity contribution in [3.63, 3.8) is 0 Å². The fourth-order valence-electron chi connectivity index (χ4n) is 4.59. The molecule has 0 fully saturated rings. The van der Waals surface area contributed by atoms with Crippen LogP contribution in [-0.4, -0.2) is 28.8 Å². The molecule has 5 rings (SSSR count). The molecule has 0 amide bonds. The topological polar surface area (TPSA) is 95.3 Å². The number of alkyl halides is 3. The molecule has 0 aliphatic carbocycles. The summed E-state index contributed by atoms with van der Waals surface area (Å²) in [6, 6.07) is 9.38. The maximum absolute atomic E-state index is 13.7. The average Bonchev–Trinajstić information content (AvgIpc) is 3.54. The molecule has 8 nitrogen and oxygen atoms in total. The number of anilines is 1. The molecule has 4 aromatic rings. The zero-order chi connectivity index (χ0) is 28.9. The average molecular weight is 593 g/mol. The largest absolute Gasteiger partial charge is 0.487 e. The van der Waals surface area contributed by atoms with Gasteiger partial charge < -0.3 is 9.47 Å². The summed E-state index contributed by atoms with van der Waals surface area (Å²) in [5, 5.41) is 6.17. The Morgan fingerprint density at radius 2 is 1.93 bits per heavy atom. The molecule has 40 heavy (non-hydrogen) atoms. The Kier molecular flexibility index (Phi) is 7.07. The van der Waals surface area contributed by atoms with Crippen LogP contribution < -0.4 is 14.2 Å². The first-order valence-corrected chi connectivity index (χ1v) is 14.8. The summed E-state index contributed by atoms with van der Waals surface area (Å²) in [6.07, 6.45) is -1.78. The van der Waals surface area contributed by atoms with Gasteiger partial charge in [-0.3, -0.25) is 9.40 Å². The lowest BCUT2D eigenvalue weighted by Crippen LogP contribution is -2.36. The van der Waals surface area contributed by atoms with Gasteiger partial charge >= 0.3 is 6.18 Å². The Labute approximate surface area is 233 Å². The van der Waals surface area contributed by atoms with Crippen molar-refractivity contribution >= 4 is 26.5 Å². The van der Waals surface area contributed by atoms with Gasteiger partial charge in [-0.2, -0.15) is 18.3 Å². The van der Waals surface area contributed by atoms with Gasteiger partial charge in [-0.25, -0.2) is 13.4 Å². The molecule has 2 aromatic carbocycles. The van der Waals surface area contributed by atoms with Crippen LogP contribution in [0.15, 0.2) is 65.1 Å². The van der Waals surface area contributed by atoms with Crippen LogP contribution in [0.25, 0.3) is 11.3 Å². The van der Waals surface area contributed by atoms with E-state index in [0.29, 0.717) is 23.4 Å². The minimum Gasteiger partial charge on any atom is -0.487 e. The molecular formula is C27H27F3N4O4S2. The fraction of sp³-hybridized carbons (Fsp3) is 0.333. The van der Waals surface area contributed by atoms with Gasteiger partial charge in [0.1, 0.15) is 23.2 Å². The molecule has 1 aliphatic heterocycles. The molecule has 0 spiro atoms. The first-order chi connectivity index (χ1) is 18.7. The molecule has 1 aliphatic rings. The third-order valence-corrected chi connectivity index (χ3v) is 8.53. The normalized spacial score (nSPS) is 16.9. The van der Waals surface area contributed by atoms with Crippen molar-refractivity contribution < 1.29 is 31.1 Å². The Bertz CT molecular complexity index is 1630. The van der Waals surface area contributed by atoms with Crippen molar-refractivity contribution in [3.8, 4) is 22.8 Å². The van der Waals surface area contributed by atoms with E-state index in [2.05, 4.69) is 14.8 Å². The lowest BCUT2D eigenvalue weighted by atomic mass is 9.91. The Morgan fingerprint density at radius 1 is 1.15 bits per heavy atom. The summed E-state index contributed by atoms with van der Waals surface area (Å²) in [4.78, 5) is 3.94. The van der Waals surface area contributed by atoms with Gasteiger partial charge in [-0.05, 0) is 58.0 Å². The molecular weight excluding hydrogens is 565 g/mol. The number of benzene rings is 2. The molecule has 3 heterocycles. The first kappa shape index (κ1) is 28.0. The van der Waals surface area contributed by atoms with Crippen LogP contribution in [0, 0.1) is 0 Å². The predicted octanol–water partition coefficient (Wildman–Crippen LogP) is 7.09. The van der Waals surface area contributed by atoms with Crippen LogP contribution in [0.2, 0.25) is 0 Å². The smallest absolute Gasteiger partial charge is 0.416 e. The highest BCUT2D eigenvalue weighted by Crippen LogP contribution is 2.45. The highest BCUT2D eigenvalue weighted by Gasteiger charge is 2.37. The van der Waals surface area contributed by atoms with Gasteiger partial charge in [0.05, 0.1) is 16.2 Å². The SMILES string of the molecule is CC(C)n1nccc1-c1cc(C(F)(F)F)ccc1O[C@@H]1CC(C)(C)Oc2cc(S(=O)(=O)Nc3nccs3)ccc21. The highest BCUT2D eigenvalue weighted by molar-refractivity contribution is 7.93. The summed E-state index contributed by atoms with van der Waals surface area (Å²) >= 11 is 1.15. The number of ether oxygens (including phenoxy) is 2. The maximum atomic E-state index is 13.7. The zero-order valence-corrected chi connectivity index (χ0v) is 23.7. The number of hydrogen-bond acceptors (Lipinski definition) is 7. The van der Waals surface area contributed by atoms with E-state index >= 15 is 0 Å². The van der Waals surface area contributed by atoms with Crippen molar-refractivity contribution in [3.05, 3.63) is 71.4 Å². The minimum atomic E-state index is -4.54. The van der Waals surface area contributed by atoms with Crippen molar-refractivity contribution in [2.75, 3.05) is 4.72 Å². The van der Waals surface area contributed by atoms with Gasteiger partial charge in [0.15, 0.2) is 5.13 Å². The highest BCUT2D eigenvalue weighted by atomic mass is 32.2. The summed E-state index contributed by atoms with van der Waals surface area (Å²) in [5.41, 5.74) is -0.248. The lowest BCUT2D eigenvalue weighted by Gasteiger charge is -2.38. The monoisotopic (exact) mass is 592 g/mol. The van der Waals surface area contributed by atoms with Gasteiger partial charge in [0, 0.05) is 47.4 Å². The Morgan fingerprint density at radius 3 is 2.60 bits per heavy atom. The number of nitrogens with zero attached hydrogens (tertiary/aromatic N) is 3. The number of sulfonamides is 1. The van der Waals surface area contributed by atoms with E-state index in [9.17, 15) is 21.6 Å². The van der Waals surface area contributed by atoms with Crippen LogP contribution in [0.5, 0.6) is 11.5 Å². The molecule has 1 atom stereocenters. The molecule has 1 N–H and O–H groups in total. The second-order valence-electron chi connectivity index (χ2n) is 10.3. The minimum absolute atomic E-state index is 0.0195. The van der Waals surface area contributed by atoms with Crippen molar-refractivity contribution in [2.24, 2.45) is 0 Å². The molecule has 212 valence electrons. The third kappa shape index (κ3) is 5.66. The summed E-state index contributed by atoms with van der Waals surface area (Å²) in [5.74, 6) is 0.551. The van der Waals surface area contributed by atoms with E-state index in [1.54, 1.807) is 22.2 Å². The van der Waals surface area contributed by atoms with Crippen molar-refractivity contribution in [1.82, 2.24) is 14.8 Å². The van der Waals surface area contributed by atoms with Crippen molar-refractivity contribution in [1.29, 1.82) is 0 Å². The van der Waals surface area contributed by atoms with Crippen LogP contribution in [0.4, 0.5) is 18.3 Å². The maximum Gasteiger partial charge on any atom is 0.416 e. The molecule has 2 aromatic heterocycles. The summed E-state index contributed by atoms with van der Waals surface area (Å²) in [7, 11) is -3.94. The number of hydrogen-bond donors (Lipinski definition) is 1. The quantitative estimate of drug-likeness (QED) is 0.246. The number of thiazole rings is 1. The fourth-order valence-corrected chi connectivity index (χ4v) is 6.39. The van der Waals surface area contributed by atoms with Gasteiger partial charge in [0.25, 0.3) is 10.0 Å². The number of nitrogens with one attached hydrogen (secondary N) is 1. The van der Waals surface area contributed by atoms with E-state index < -0.39 is 33.5 Å². The Hall–Kier alpha value is -3.58. The van der Waals surface area contributed by atoms with Crippen LogP contribution in [0.3, 0.4) is 0 Å². The first-order valence-electron chi connectivity index (χ1n) is 12.4. The second kappa shape index (κ2) is 10.1. The third-order valence-electron chi connectivity index (χ3n) is 6.37. The van der Waals surface area contributed by atoms with E-state index in [1.807, 2.05) is 27.7 Å².